The normalized spacial score (nSPS) is 11.2. The lowest BCUT2D eigenvalue weighted by molar-refractivity contribution is -0.383. The van der Waals surface area contributed by atoms with E-state index in [0.717, 1.165) is 0 Å². The maximum absolute atomic E-state index is 11.8. The standard InChI is InChI=1S/C14H15N3O4/c1-14(2,3)21-13(18)16-12-10-5-4-6-11(17(19)20)9(10)7-8-15-12/h4-8H,1-3H3,(H,15,16,18). The van der Waals surface area contributed by atoms with Gasteiger partial charge in [0, 0.05) is 17.6 Å². The first-order chi connectivity index (χ1) is 9.78. The number of anilines is 1. The van der Waals surface area contributed by atoms with E-state index >= 15 is 0 Å². The smallest absolute Gasteiger partial charge is 0.413 e. The Hall–Kier alpha value is -2.70. The van der Waals surface area contributed by atoms with Crippen molar-refractivity contribution >= 4 is 28.4 Å². The van der Waals surface area contributed by atoms with Gasteiger partial charge in [-0.15, -0.1) is 0 Å². The minimum Gasteiger partial charge on any atom is -0.444 e. The number of nitro groups is 1. The SMILES string of the molecule is CC(C)(C)OC(=O)Nc1nccc2c([N+](=O)[O-])cccc12. The topological polar surface area (TPSA) is 94.4 Å². The summed E-state index contributed by atoms with van der Waals surface area (Å²) in [5.41, 5.74) is -0.678. The van der Waals surface area contributed by atoms with Crippen molar-refractivity contribution in [2.45, 2.75) is 26.4 Å². The second kappa shape index (κ2) is 5.35. The number of pyridine rings is 1. The zero-order chi connectivity index (χ0) is 15.6. The van der Waals surface area contributed by atoms with Gasteiger partial charge in [-0.3, -0.25) is 15.4 Å². The van der Waals surface area contributed by atoms with E-state index in [9.17, 15) is 14.9 Å². The number of non-ortho nitro benzene ring substituents is 1. The molecule has 0 saturated carbocycles. The van der Waals surface area contributed by atoms with Crippen molar-refractivity contribution in [3.05, 3.63) is 40.6 Å². The molecule has 7 nitrogen and oxygen atoms in total. The van der Waals surface area contributed by atoms with Crippen molar-refractivity contribution in [3.8, 4) is 0 Å². The Labute approximate surface area is 121 Å². The van der Waals surface area contributed by atoms with Crippen LogP contribution in [0.2, 0.25) is 0 Å². The van der Waals surface area contributed by atoms with Crippen LogP contribution in [0.1, 0.15) is 20.8 Å². The second-order valence-corrected chi connectivity index (χ2v) is 5.42. The number of rotatable bonds is 2. The number of nitro benzene ring substituents is 1. The van der Waals surface area contributed by atoms with Gasteiger partial charge in [-0.25, -0.2) is 9.78 Å². The number of amides is 1. The number of carbonyl (C=O) groups excluding carboxylic acids is 1. The van der Waals surface area contributed by atoms with E-state index in [-0.39, 0.29) is 11.5 Å². The average molecular weight is 289 g/mol. The third-order valence-corrected chi connectivity index (χ3v) is 2.60. The maximum Gasteiger partial charge on any atom is 0.413 e. The molecule has 0 fully saturated rings. The molecule has 1 N–H and O–H groups in total. The van der Waals surface area contributed by atoms with Gasteiger partial charge in [-0.05, 0) is 26.8 Å². The van der Waals surface area contributed by atoms with Crippen molar-refractivity contribution in [1.82, 2.24) is 4.98 Å². The molecule has 0 aliphatic carbocycles. The zero-order valence-corrected chi connectivity index (χ0v) is 11.9. The number of ether oxygens (including phenoxy) is 1. The molecule has 7 heteroatoms. The number of hydrogen-bond donors (Lipinski definition) is 1. The van der Waals surface area contributed by atoms with Crippen LogP contribution in [-0.2, 0) is 4.74 Å². The molecule has 1 heterocycles. The summed E-state index contributed by atoms with van der Waals surface area (Å²) >= 11 is 0. The van der Waals surface area contributed by atoms with Crippen LogP contribution in [0.3, 0.4) is 0 Å². The maximum atomic E-state index is 11.8. The van der Waals surface area contributed by atoms with Gasteiger partial charge in [0.1, 0.15) is 11.4 Å². The van der Waals surface area contributed by atoms with Crippen LogP contribution in [0.25, 0.3) is 10.8 Å². The van der Waals surface area contributed by atoms with Crippen LogP contribution in [0.4, 0.5) is 16.3 Å². The third-order valence-electron chi connectivity index (χ3n) is 2.60. The number of carbonyl (C=O) groups is 1. The number of aromatic nitrogens is 1. The highest BCUT2D eigenvalue weighted by Crippen LogP contribution is 2.29. The van der Waals surface area contributed by atoms with Crippen LogP contribution in [-0.4, -0.2) is 21.6 Å². The number of hydrogen-bond acceptors (Lipinski definition) is 5. The highest BCUT2D eigenvalue weighted by molar-refractivity contribution is 6.01. The molecule has 110 valence electrons. The minimum absolute atomic E-state index is 0.0397. The van der Waals surface area contributed by atoms with Crippen molar-refractivity contribution in [3.63, 3.8) is 0 Å². The molecule has 0 saturated heterocycles. The lowest BCUT2D eigenvalue weighted by Crippen LogP contribution is -2.27. The Morgan fingerprint density at radius 1 is 1.29 bits per heavy atom. The fraction of sp³-hybridized carbons (Fsp3) is 0.286. The summed E-state index contributed by atoms with van der Waals surface area (Å²) in [6.45, 7) is 5.23. The van der Waals surface area contributed by atoms with Gasteiger partial charge in [0.05, 0.1) is 10.3 Å². The molecule has 0 unspecified atom stereocenters. The van der Waals surface area contributed by atoms with Crippen molar-refractivity contribution < 1.29 is 14.5 Å². The van der Waals surface area contributed by atoms with Crippen LogP contribution in [0.15, 0.2) is 30.5 Å². The molecule has 0 atom stereocenters. The Morgan fingerprint density at radius 3 is 2.62 bits per heavy atom. The van der Waals surface area contributed by atoms with Gasteiger partial charge in [0.2, 0.25) is 0 Å². The summed E-state index contributed by atoms with van der Waals surface area (Å²) in [5, 5.41) is 14.4. The molecule has 1 amide bonds. The summed E-state index contributed by atoms with van der Waals surface area (Å²) in [6, 6.07) is 6.14. The largest absolute Gasteiger partial charge is 0.444 e. The van der Waals surface area contributed by atoms with Gasteiger partial charge < -0.3 is 4.74 Å². The summed E-state index contributed by atoms with van der Waals surface area (Å²) in [7, 11) is 0. The summed E-state index contributed by atoms with van der Waals surface area (Å²) in [5.74, 6) is 0.227. The fourth-order valence-electron chi connectivity index (χ4n) is 1.85. The first kappa shape index (κ1) is 14.7. The average Bonchev–Trinajstić information content (AvgIpc) is 2.36. The highest BCUT2D eigenvalue weighted by Gasteiger charge is 2.19. The van der Waals surface area contributed by atoms with Crippen molar-refractivity contribution in [2.75, 3.05) is 5.32 Å². The minimum atomic E-state index is -0.658. The molecule has 0 spiro atoms. The molecule has 0 aliphatic rings. The van der Waals surface area contributed by atoms with Gasteiger partial charge in [0.15, 0.2) is 0 Å². The predicted octanol–water partition coefficient (Wildman–Crippen LogP) is 3.49. The Bertz CT molecular complexity index is 707. The van der Waals surface area contributed by atoms with Gasteiger partial charge in [-0.2, -0.15) is 0 Å². The molecule has 0 bridgehead atoms. The number of nitrogens with zero attached hydrogens (tertiary/aromatic N) is 2. The van der Waals surface area contributed by atoms with Crippen LogP contribution >= 0.6 is 0 Å². The summed E-state index contributed by atoms with van der Waals surface area (Å²) in [6.07, 6.45) is 0.746. The van der Waals surface area contributed by atoms with Crippen molar-refractivity contribution in [2.24, 2.45) is 0 Å². The van der Waals surface area contributed by atoms with E-state index < -0.39 is 16.6 Å². The second-order valence-electron chi connectivity index (χ2n) is 5.42. The van der Waals surface area contributed by atoms with Gasteiger partial charge >= 0.3 is 6.09 Å². The molecular weight excluding hydrogens is 274 g/mol. The number of nitrogens with one attached hydrogen (secondary N) is 1. The highest BCUT2D eigenvalue weighted by atomic mass is 16.6. The first-order valence-corrected chi connectivity index (χ1v) is 6.30. The van der Waals surface area contributed by atoms with E-state index in [2.05, 4.69) is 10.3 Å². The molecule has 21 heavy (non-hydrogen) atoms. The number of fused-ring (bicyclic) bond motifs is 1. The molecule has 1 aromatic carbocycles. The van der Waals surface area contributed by atoms with E-state index in [1.807, 2.05) is 0 Å². The lowest BCUT2D eigenvalue weighted by Gasteiger charge is -2.19. The van der Waals surface area contributed by atoms with E-state index in [4.69, 9.17) is 4.74 Å². The molecular formula is C14H15N3O4. The lowest BCUT2D eigenvalue weighted by atomic mass is 10.1. The van der Waals surface area contributed by atoms with Crippen LogP contribution in [0, 0.1) is 10.1 Å². The quantitative estimate of drug-likeness (QED) is 0.674. The van der Waals surface area contributed by atoms with Gasteiger partial charge in [0.25, 0.3) is 5.69 Å². The summed E-state index contributed by atoms with van der Waals surface area (Å²) < 4.78 is 5.14. The van der Waals surface area contributed by atoms with Crippen LogP contribution < -0.4 is 5.32 Å². The Balaban J connectivity index is 2.40. The Morgan fingerprint density at radius 2 is 2.00 bits per heavy atom. The fourth-order valence-corrected chi connectivity index (χ4v) is 1.85. The molecule has 1 aromatic heterocycles. The molecule has 0 radical (unpaired) electrons. The van der Waals surface area contributed by atoms with E-state index in [1.54, 1.807) is 32.9 Å². The molecule has 0 aliphatic heterocycles. The van der Waals surface area contributed by atoms with Gasteiger partial charge in [-0.1, -0.05) is 12.1 Å². The summed E-state index contributed by atoms with van der Waals surface area (Å²) in [4.78, 5) is 26.4. The zero-order valence-electron chi connectivity index (χ0n) is 11.9. The van der Waals surface area contributed by atoms with E-state index in [1.165, 1.54) is 18.3 Å². The van der Waals surface area contributed by atoms with Crippen molar-refractivity contribution in [1.29, 1.82) is 0 Å². The first-order valence-electron chi connectivity index (χ1n) is 6.30. The van der Waals surface area contributed by atoms with E-state index in [0.29, 0.717) is 10.8 Å². The van der Waals surface area contributed by atoms with Crippen LogP contribution in [0.5, 0.6) is 0 Å². The monoisotopic (exact) mass is 289 g/mol. The third kappa shape index (κ3) is 3.44. The molecule has 2 rings (SSSR count). The Kier molecular flexibility index (Phi) is 3.75. The number of benzene rings is 1. The predicted molar refractivity (Wildman–Crippen MR) is 78.3 cm³/mol. The molecule has 2 aromatic rings.